The highest BCUT2D eigenvalue weighted by molar-refractivity contribution is 5.70. The Morgan fingerprint density at radius 1 is 1.04 bits per heavy atom. The maximum absolute atomic E-state index is 12.0. The number of nitrogens with zero attached hydrogens (tertiary/aromatic N) is 1. The third-order valence-corrected chi connectivity index (χ3v) is 4.14. The minimum absolute atomic E-state index is 0.0774. The maximum atomic E-state index is 12.0. The van der Waals surface area contributed by atoms with Crippen molar-refractivity contribution in [2.24, 2.45) is 0 Å². The summed E-state index contributed by atoms with van der Waals surface area (Å²) >= 11 is 0. The fraction of sp³-hybridized carbons (Fsp3) is 0.650. The van der Waals surface area contributed by atoms with E-state index in [1.165, 1.54) is 31.2 Å². The highest BCUT2D eigenvalue weighted by Gasteiger charge is 2.22. The molecule has 130 valence electrons. The van der Waals surface area contributed by atoms with Crippen molar-refractivity contribution in [2.45, 2.75) is 65.3 Å². The normalized spacial score (nSPS) is 12.3. The van der Waals surface area contributed by atoms with Gasteiger partial charge in [0, 0.05) is 6.04 Å². The zero-order valence-electron chi connectivity index (χ0n) is 15.1. The molecule has 1 atom stereocenters. The molecule has 0 heterocycles. The average Bonchev–Trinajstić information content (AvgIpc) is 2.56. The summed E-state index contributed by atoms with van der Waals surface area (Å²) in [6, 6.07) is 10.7. The lowest BCUT2D eigenvalue weighted by Crippen LogP contribution is -2.40. The molecule has 3 heteroatoms. The molecule has 0 saturated carbocycles. The van der Waals surface area contributed by atoms with Gasteiger partial charge in [-0.2, -0.15) is 0 Å². The fourth-order valence-corrected chi connectivity index (χ4v) is 2.83. The largest absolute Gasteiger partial charge is 0.466 e. The van der Waals surface area contributed by atoms with Crippen molar-refractivity contribution in [3.8, 4) is 0 Å². The topological polar surface area (TPSA) is 29.5 Å². The molecule has 1 rings (SSSR count). The molecule has 23 heavy (non-hydrogen) atoms. The second-order valence-corrected chi connectivity index (χ2v) is 6.10. The highest BCUT2D eigenvalue weighted by Crippen LogP contribution is 2.15. The van der Waals surface area contributed by atoms with Gasteiger partial charge >= 0.3 is 5.97 Å². The third-order valence-electron chi connectivity index (χ3n) is 4.14. The minimum atomic E-state index is -0.0774. The smallest absolute Gasteiger partial charge is 0.307 e. The van der Waals surface area contributed by atoms with E-state index in [4.69, 9.17) is 4.74 Å². The van der Waals surface area contributed by atoms with Crippen molar-refractivity contribution < 1.29 is 9.53 Å². The SMILES string of the molecule is CCCCN(CCCC)C(CC(=O)OCC)Cc1ccccc1. The van der Waals surface area contributed by atoms with Gasteiger partial charge in [0.15, 0.2) is 0 Å². The molecule has 3 nitrogen and oxygen atoms in total. The van der Waals surface area contributed by atoms with Crippen LogP contribution in [0.2, 0.25) is 0 Å². The molecular formula is C20H33NO2. The van der Waals surface area contributed by atoms with E-state index in [-0.39, 0.29) is 12.0 Å². The van der Waals surface area contributed by atoms with E-state index in [1.54, 1.807) is 0 Å². The van der Waals surface area contributed by atoms with E-state index < -0.39 is 0 Å². The Morgan fingerprint density at radius 2 is 1.65 bits per heavy atom. The first kappa shape index (κ1) is 19.7. The van der Waals surface area contributed by atoms with E-state index in [9.17, 15) is 4.79 Å². The van der Waals surface area contributed by atoms with Crippen molar-refractivity contribution in [1.82, 2.24) is 4.90 Å². The van der Waals surface area contributed by atoms with Gasteiger partial charge in [-0.15, -0.1) is 0 Å². The predicted molar refractivity (Wildman–Crippen MR) is 96.6 cm³/mol. The van der Waals surface area contributed by atoms with Crippen molar-refractivity contribution in [3.63, 3.8) is 0 Å². The number of hydrogen-bond acceptors (Lipinski definition) is 3. The number of carbonyl (C=O) groups is 1. The van der Waals surface area contributed by atoms with Crippen LogP contribution in [0.1, 0.15) is 58.4 Å². The number of benzene rings is 1. The minimum Gasteiger partial charge on any atom is -0.466 e. The number of ether oxygens (including phenoxy) is 1. The molecule has 0 radical (unpaired) electrons. The van der Waals surface area contributed by atoms with E-state index in [2.05, 4.69) is 43.0 Å². The Balaban J connectivity index is 2.81. The Kier molecular flexibility index (Phi) is 10.4. The molecule has 0 fully saturated rings. The van der Waals surface area contributed by atoms with Crippen LogP contribution in [-0.4, -0.2) is 36.6 Å². The Bertz CT molecular complexity index is 411. The van der Waals surface area contributed by atoms with Gasteiger partial charge in [-0.3, -0.25) is 9.69 Å². The second-order valence-electron chi connectivity index (χ2n) is 6.10. The zero-order valence-corrected chi connectivity index (χ0v) is 15.1. The molecule has 1 aromatic carbocycles. The summed E-state index contributed by atoms with van der Waals surface area (Å²) in [6.07, 6.45) is 6.11. The van der Waals surface area contributed by atoms with Crippen LogP contribution in [0.3, 0.4) is 0 Å². The lowest BCUT2D eigenvalue weighted by atomic mass is 10.0. The maximum Gasteiger partial charge on any atom is 0.307 e. The Hall–Kier alpha value is -1.35. The van der Waals surface area contributed by atoms with Gasteiger partial charge in [0.25, 0.3) is 0 Å². The van der Waals surface area contributed by atoms with Crippen LogP contribution in [0.25, 0.3) is 0 Å². The van der Waals surface area contributed by atoms with E-state index in [1.807, 2.05) is 13.0 Å². The van der Waals surface area contributed by atoms with Crippen LogP contribution in [0.4, 0.5) is 0 Å². The van der Waals surface area contributed by atoms with E-state index in [0.29, 0.717) is 13.0 Å². The van der Waals surface area contributed by atoms with Crippen molar-refractivity contribution in [1.29, 1.82) is 0 Å². The highest BCUT2D eigenvalue weighted by atomic mass is 16.5. The molecule has 0 N–H and O–H groups in total. The first-order chi connectivity index (χ1) is 11.2. The quantitative estimate of drug-likeness (QED) is 0.533. The molecule has 0 aliphatic rings. The lowest BCUT2D eigenvalue weighted by Gasteiger charge is -2.31. The van der Waals surface area contributed by atoms with Crippen molar-refractivity contribution in [3.05, 3.63) is 35.9 Å². The van der Waals surface area contributed by atoms with Gasteiger partial charge in [-0.05, 0) is 44.8 Å². The number of carbonyl (C=O) groups excluding carboxylic acids is 1. The molecule has 0 spiro atoms. The molecule has 0 aromatic heterocycles. The third kappa shape index (κ3) is 8.17. The van der Waals surface area contributed by atoms with Crippen LogP contribution in [0, 0.1) is 0 Å². The van der Waals surface area contributed by atoms with Crippen LogP contribution in [0.5, 0.6) is 0 Å². The summed E-state index contributed by atoms with van der Waals surface area (Å²) in [7, 11) is 0. The van der Waals surface area contributed by atoms with Crippen LogP contribution in [0.15, 0.2) is 30.3 Å². The monoisotopic (exact) mass is 319 g/mol. The lowest BCUT2D eigenvalue weighted by molar-refractivity contribution is -0.144. The van der Waals surface area contributed by atoms with E-state index >= 15 is 0 Å². The summed E-state index contributed by atoms with van der Waals surface area (Å²) in [5.74, 6) is -0.0774. The first-order valence-corrected chi connectivity index (χ1v) is 9.14. The van der Waals surface area contributed by atoms with Crippen molar-refractivity contribution in [2.75, 3.05) is 19.7 Å². The summed E-state index contributed by atoms with van der Waals surface area (Å²) in [5.41, 5.74) is 1.29. The molecule has 0 bridgehead atoms. The fourth-order valence-electron chi connectivity index (χ4n) is 2.83. The second kappa shape index (κ2) is 12.1. The van der Waals surface area contributed by atoms with Crippen molar-refractivity contribution >= 4 is 5.97 Å². The predicted octanol–water partition coefficient (Wildman–Crippen LogP) is 4.45. The molecule has 1 aromatic rings. The zero-order chi connectivity index (χ0) is 16.9. The molecule has 0 amide bonds. The Labute approximate surface area is 142 Å². The molecule has 1 unspecified atom stereocenters. The van der Waals surface area contributed by atoms with Crippen LogP contribution in [-0.2, 0) is 16.0 Å². The molecule has 0 aliphatic carbocycles. The van der Waals surface area contributed by atoms with Gasteiger partial charge in [0.2, 0.25) is 0 Å². The standard InChI is InChI=1S/C20H33NO2/c1-4-7-14-21(15-8-5-2)19(17-20(22)23-6-3)16-18-12-10-9-11-13-18/h9-13,19H,4-8,14-17H2,1-3H3. The first-order valence-electron chi connectivity index (χ1n) is 9.14. The number of hydrogen-bond donors (Lipinski definition) is 0. The molecule has 0 saturated heterocycles. The summed E-state index contributed by atoms with van der Waals surface area (Å²) in [5, 5.41) is 0. The number of unbranched alkanes of at least 4 members (excludes halogenated alkanes) is 2. The average molecular weight is 319 g/mol. The summed E-state index contributed by atoms with van der Waals surface area (Å²) < 4.78 is 5.20. The van der Waals surface area contributed by atoms with Gasteiger partial charge in [0.1, 0.15) is 0 Å². The van der Waals surface area contributed by atoms with Gasteiger partial charge < -0.3 is 4.74 Å². The summed E-state index contributed by atoms with van der Waals surface area (Å²) in [4.78, 5) is 14.5. The van der Waals surface area contributed by atoms with Gasteiger partial charge in [-0.1, -0.05) is 57.0 Å². The van der Waals surface area contributed by atoms with Gasteiger partial charge in [0.05, 0.1) is 13.0 Å². The van der Waals surface area contributed by atoms with Crippen LogP contribution < -0.4 is 0 Å². The van der Waals surface area contributed by atoms with E-state index in [0.717, 1.165) is 19.5 Å². The molecular weight excluding hydrogens is 286 g/mol. The molecule has 0 aliphatic heterocycles. The number of rotatable bonds is 12. The van der Waals surface area contributed by atoms with Gasteiger partial charge in [-0.25, -0.2) is 0 Å². The summed E-state index contributed by atoms with van der Waals surface area (Å²) in [6.45, 7) is 8.89. The van der Waals surface area contributed by atoms with Crippen LogP contribution >= 0.6 is 0 Å². The number of esters is 1. The Morgan fingerprint density at radius 3 is 2.17 bits per heavy atom.